The molecule has 0 saturated heterocycles. The minimum Gasteiger partial charge on any atom is -0.294 e. The number of alkyl halides is 3. The second-order valence-corrected chi connectivity index (χ2v) is 3.77. The SMILES string of the molecule is CCN=C(CC)Cc1cccc(C(F)(F)F)c1. The van der Waals surface area contributed by atoms with Crippen LogP contribution in [0.25, 0.3) is 0 Å². The zero-order valence-electron chi connectivity index (χ0n) is 10.0. The van der Waals surface area contributed by atoms with Crippen molar-refractivity contribution in [3.63, 3.8) is 0 Å². The van der Waals surface area contributed by atoms with Crippen LogP contribution in [-0.4, -0.2) is 12.3 Å². The molecule has 0 aliphatic heterocycles. The lowest BCUT2D eigenvalue weighted by atomic mass is 10.0. The molecule has 0 spiro atoms. The largest absolute Gasteiger partial charge is 0.416 e. The standard InChI is InChI=1S/C13H16F3N/c1-3-12(17-4-2)9-10-6-5-7-11(8-10)13(14,15)16/h5-8H,3-4,9H2,1-2H3. The molecule has 1 aromatic carbocycles. The first kappa shape index (κ1) is 13.7. The molecule has 4 heteroatoms. The van der Waals surface area contributed by atoms with E-state index in [2.05, 4.69) is 4.99 Å². The van der Waals surface area contributed by atoms with E-state index in [0.29, 0.717) is 18.5 Å². The van der Waals surface area contributed by atoms with Crippen LogP contribution >= 0.6 is 0 Å². The fraction of sp³-hybridized carbons (Fsp3) is 0.462. The lowest BCUT2D eigenvalue weighted by molar-refractivity contribution is -0.137. The Morgan fingerprint density at radius 3 is 2.47 bits per heavy atom. The summed E-state index contributed by atoms with van der Waals surface area (Å²) in [6.45, 7) is 4.55. The lowest BCUT2D eigenvalue weighted by Crippen LogP contribution is -2.07. The van der Waals surface area contributed by atoms with Crippen molar-refractivity contribution in [1.82, 2.24) is 0 Å². The normalized spacial score (nSPS) is 12.9. The van der Waals surface area contributed by atoms with Crippen molar-refractivity contribution in [2.75, 3.05) is 6.54 Å². The molecule has 0 fully saturated rings. The van der Waals surface area contributed by atoms with E-state index < -0.39 is 11.7 Å². The number of halogens is 3. The fourth-order valence-corrected chi connectivity index (χ4v) is 1.61. The molecular formula is C13H16F3N. The van der Waals surface area contributed by atoms with Gasteiger partial charge in [0, 0.05) is 18.7 Å². The Bertz CT molecular complexity index is 394. The predicted molar refractivity (Wildman–Crippen MR) is 63.4 cm³/mol. The van der Waals surface area contributed by atoms with Crippen LogP contribution in [0.1, 0.15) is 31.4 Å². The first-order valence-corrected chi connectivity index (χ1v) is 5.65. The Kier molecular flexibility index (Phi) is 4.73. The van der Waals surface area contributed by atoms with Crippen LogP contribution in [-0.2, 0) is 12.6 Å². The van der Waals surface area contributed by atoms with Crippen molar-refractivity contribution < 1.29 is 13.2 Å². The number of hydrogen-bond donors (Lipinski definition) is 0. The van der Waals surface area contributed by atoms with Crippen LogP contribution in [0.15, 0.2) is 29.3 Å². The Morgan fingerprint density at radius 2 is 1.94 bits per heavy atom. The Morgan fingerprint density at radius 1 is 1.24 bits per heavy atom. The first-order chi connectivity index (χ1) is 7.97. The van der Waals surface area contributed by atoms with Gasteiger partial charge in [0.05, 0.1) is 5.56 Å². The van der Waals surface area contributed by atoms with Crippen molar-refractivity contribution >= 4 is 5.71 Å². The average Bonchev–Trinajstić information content (AvgIpc) is 2.28. The van der Waals surface area contributed by atoms with Gasteiger partial charge in [0.2, 0.25) is 0 Å². The van der Waals surface area contributed by atoms with Crippen LogP contribution in [0.3, 0.4) is 0 Å². The lowest BCUT2D eigenvalue weighted by Gasteiger charge is -2.09. The smallest absolute Gasteiger partial charge is 0.294 e. The van der Waals surface area contributed by atoms with E-state index in [9.17, 15) is 13.2 Å². The summed E-state index contributed by atoms with van der Waals surface area (Å²) in [5.74, 6) is 0. The maximum absolute atomic E-state index is 12.5. The first-order valence-electron chi connectivity index (χ1n) is 5.65. The number of aliphatic imine (C=N–C) groups is 1. The maximum atomic E-state index is 12.5. The number of benzene rings is 1. The molecule has 0 radical (unpaired) electrons. The number of rotatable bonds is 4. The molecule has 1 aromatic rings. The summed E-state index contributed by atoms with van der Waals surface area (Å²) in [5, 5.41) is 0. The van der Waals surface area contributed by atoms with E-state index in [1.165, 1.54) is 12.1 Å². The highest BCUT2D eigenvalue weighted by Gasteiger charge is 2.30. The van der Waals surface area contributed by atoms with Crippen LogP contribution in [0.2, 0.25) is 0 Å². The van der Waals surface area contributed by atoms with Crippen molar-refractivity contribution in [1.29, 1.82) is 0 Å². The quantitative estimate of drug-likeness (QED) is 0.705. The Labute approximate surface area is 99.4 Å². The van der Waals surface area contributed by atoms with Gasteiger partial charge < -0.3 is 0 Å². The molecule has 1 rings (SSSR count). The highest BCUT2D eigenvalue weighted by molar-refractivity contribution is 5.86. The minimum absolute atomic E-state index is 0.494. The third kappa shape index (κ3) is 4.21. The molecule has 0 aliphatic carbocycles. The van der Waals surface area contributed by atoms with E-state index in [-0.39, 0.29) is 0 Å². The summed E-state index contributed by atoms with van der Waals surface area (Å²) in [7, 11) is 0. The van der Waals surface area contributed by atoms with Crippen LogP contribution in [0.4, 0.5) is 13.2 Å². The summed E-state index contributed by atoms with van der Waals surface area (Å²) >= 11 is 0. The molecule has 94 valence electrons. The van der Waals surface area contributed by atoms with Gasteiger partial charge >= 0.3 is 6.18 Å². The molecule has 0 N–H and O–H groups in total. The van der Waals surface area contributed by atoms with Crippen molar-refractivity contribution in [3.05, 3.63) is 35.4 Å². The number of nitrogens with zero attached hydrogens (tertiary/aromatic N) is 1. The second kappa shape index (κ2) is 5.84. The van der Waals surface area contributed by atoms with E-state index in [1.54, 1.807) is 6.07 Å². The van der Waals surface area contributed by atoms with E-state index in [0.717, 1.165) is 18.2 Å². The molecule has 0 aromatic heterocycles. The molecule has 0 saturated carbocycles. The van der Waals surface area contributed by atoms with Gasteiger partial charge in [-0.2, -0.15) is 13.2 Å². The van der Waals surface area contributed by atoms with E-state index >= 15 is 0 Å². The van der Waals surface area contributed by atoms with Crippen LogP contribution < -0.4 is 0 Å². The van der Waals surface area contributed by atoms with Gasteiger partial charge in [-0.1, -0.05) is 25.1 Å². The third-order valence-corrected chi connectivity index (χ3v) is 2.45. The van der Waals surface area contributed by atoms with Crippen LogP contribution in [0, 0.1) is 0 Å². The van der Waals surface area contributed by atoms with Gasteiger partial charge in [0.1, 0.15) is 0 Å². The molecule has 0 amide bonds. The van der Waals surface area contributed by atoms with Crippen molar-refractivity contribution in [2.45, 2.75) is 32.9 Å². The molecule has 17 heavy (non-hydrogen) atoms. The van der Waals surface area contributed by atoms with E-state index in [1.807, 2.05) is 13.8 Å². The van der Waals surface area contributed by atoms with Gasteiger partial charge in [-0.25, -0.2) is 0 Å². The van der Waals surface area contributed by atoms with Crippen molar-refractivity contribution in [3.8, 4) is 0 Å². The zero-order valence-corrected chi connectivity index (χ0v) is 10.0. The topological polar surface area (TPSA) is 12.4 Å². The second-order valence-electron chi connectivity index (χ2n) is 3.77. The van der Waals surface area contributed by atoms with E-state index in [4.69, 9.17) is 0 Å². The highest BCUT2D eigenvalue weighted by Crippen LogP contribution is 2.29. The molecule has 0 heterocycles. The molecular weight excluding hydrogens is 227 g/mol. The molecule has 0 aliphatic rings. The highest BCUT2D eigenvalue weighted by atomic mass is 19.4. The van der Waals surface area contributed by atoms with Gasteiger partial charge in [0.25, 0.3) is 0 Å². The predicted octanol–water partition coefficient (Wildman–Crippen LogP) is 4.12. The monoisotopic (exact) mass is 243 g/mol. The zero-order chi connectivity index (χ0) is 12.9. The van der Waals surface area contributed by atoms with Gasteiger partial charge in [0.15, 0.2) is 0 Å². The molecule has 0 bridgehead atoms. The van der Waals surface area contributed by atoms with Gasteiger partial charge in [-0.05, 0) is 25.0 Å². The van der Waals surface area contributed by atoms with Gasteiger partial charge in [-0.15, -0.1) is 0 Å². The van der Waals surface area contributed by atoms with Gasteiger partial charge in [-0.3, -0.25) is 4.99 Å². The Hall–Kier alpha value is -1.32. The summed E-state index contributed by atoms with van der Waals surface area (Å²) in [6.07, 6.45) is -3.01. The molecule has 0 unspecified atom stereocenters. The summed E-state index contributed by atoms with van der Waals surface area (Å²) in [4.78, 5) is 4.27. The number of hydrogen-bond acceptors (Lipinski definition) is 1. The average molecular weight is 243 g/mol. The molecule has 0 atom stereocenters. The summed E-state index contributed by atoms with van der Waals surface area (Å²) in [6, 6.07) is 5.43. The Balaban J connectivity index is 2.89. The third-order valence-electron chi connectivity index (χ3n) is 2.45. The van der Waals surface area contributed by atoms with Crippen LogP contribution in [0.5, 0.6) is 0 Å². The maximum Gasteiger partial charge on any atom is 0.416 e. The minimum atomic E-state index is -4.27. The summed E-state index contributed by atoms with van der Waals surface area (Å²) < 4.78 is 37.5. The fourth-order valence-electron chi connectivity index (χ4n) is 1.61. The van der Waals surface area contributed by atoms with Crippen molar-refractivity contribution in [2.24, 2.45) is 4.99 Å². The summed E-state index contributed by atoms with van der Waals surface area (Å²) in [5.41, 5.74) is 1.00. The molecule has 1 nitrogen and oxygen atoms in total.